The molecule has 0 unspecified atom stereocenters. The van der Waals surface area contributed by atoms with Crippen LogP contribution in [0.4, 0.5) is 5.69 Å². The van der Waals surface area contributed by atoms with E-state index in [2.05, 4.69) is 32.6 Å². The number of rotatable bonds is 2. The van der Waals surface area contributed by atoms with Gasteiger partial charge in [-0.2, -0.15) is 0 Å². The molecule has 4 nitrogen and oxygen atoms in total. The SMILES string of the molecule is Cc1cc(N)ccc1Oc1ncc(I)cn1. The average molecular weight is 327 g/mol. The van der Waals surface area contributed by atoms with Crippen LogP contribution >= 0.6 is 22.6 Å². The zero-order chi connectivity index (χ0) is 11.5. The van der Waals surface area contributed by atoms with Crippen LogP contribution in [0.1, 0.15) is 5.56 Å². The summed E-state index contributed by atoms with van der Waals surface area (Å²) in [4.78, 5) is 8.13. The van der Waals surface area contributed by atoms with E-state index >= 15 is 0 Å². The van der Waals surface area contributed by atoms with E-state index < -0.39 is 0 Å². The molecule has 0 aliphatic carbocycles. The Bertz CT molecular complexity index is 499. The first-order valence-corrected chi connectivity index (χ1v) is 5.74. The first-order valence-electron chi connectivity index (χ1n) is 4.66. The minimum absolute atomic E-state index is 0.341. The monoisotopic (exact) mass is 327 g/mol. The fourth-order valence-electron chi connectivity index (χ4n) is 1.24. The van der Waals surface area contributed by atoms with Crippen molar-refractivity contribution in [2.24, 2.45) is 0 Å². The molecule has 0 saturated carbocycles. The van der Waals surface area contributed by atoms with Crippen molar-refractivity contribution in [3.05, 3.63) is 39.7 Å². The number of nitrogens with two attached hydrogens (primary N) is 1. The lowest BCUT2D eigenvalue weighted by Crippen LogP contribution is -1.94. The molecule has 0 bridgehead atoms. The van der Waals surface area contributed by atoms with Crippen LogP contribution in [0.2, 0.25) is 0 Å². The lowest BCUT2D eigenvalue weighted by atomic mass is 10.2. The molecule has 0 fully saturated rings. The highest BCUT2D eigenvalue weighted by Crippen LogP contribution is 2.24. The second-order valence-corrected chi connectivity index (χ2v) is 4.56. The van der Waals surface area contributed by atoms with E-state index in [-0.39, 0.29) is 0 Å². The Morgan fingerprint density at radius 3 is 2.56 bits per heavy atom. The largest absolute Gasteiger partial charge is 0.424 e. The number of hydrogen-bond acceptors (Lipinski definition) is 4. The van der Waals surface area contributed by atoms with Crippen LogP contribution in [0.25, 0.3) is 0 Å². The molecule has 0 atom stereocenters. The van der Waals surface area contributed by atoms with Crippen LogP contribution in [0.15, 0.2) is 30.6 Å². The summed E-state index contributed by atoms with van der Waals surface area (Å²) in [5, 5.41) is 0. The van der Waals surface area contributed by atoms with Crippen molar-refractivity contribution >= 4 is 28.3 Å². The number of nitrogens with zero attached hydrogens (tertiary/aromatic N) is 2. The lowest BCUT2D eigenvalue weighted by molar-refractivity contribution is 0.438. The van der Waals surface area contributed by atoms with Gasteiger partial charge in [-0.15, -0.1) is 0 Å². The van der Waals surface area contributed by atoms with Gasteiger partial charge in [-0.05, 0) is 53.3 Å². The molecule has 0 aliphatic heterocycles. The second kappa shape index (κ2) is 4.65. The fourth-order valence-corrected chi connectivity index (χ4v) is 1.52. The van der Waals surface area contributed by atoms with Crippen LogP contribution < -0.4 is 10.5 Å². The molecule has 0 saturated heterocycles. The first kappa shape index (κ1) is 11.1. The number of benzene rings is 1. The molecule has 1 aromatic heterocycles. The third kappa shape index (κ3) is 2.60. The predicted molar refractivity (Wildman–Crippen MR) is 70.4 cm³/mol. The highest BCUT2D eigenvalue weighted by molar-refractivity contribution is 14.1. The molecular weight excluding hydrogens is 317 g/mol. The Labute approximate surface area is 107 Å². The van der Waals surface area contributed by atoms with E-state index in [0.717, 1.165) is 14.9 Å². The molecule has 0 amide bonds. The highest BCUT2D eigenvalue weighted by atomic mass is 127. The number of anilines is 1. The second-order valence-electron chi connectivity index (χ2n) is 3.31. The molecule has 5 heteroatoms. The van der Waals surface area contributed by atoms with Crippen LogP contribution in [-0.4, -0.2) is 9.97 Å². The number of aromatic nitrogens is 2. The third-order valence-electron chi connectivity index (χ3n) is 2.00. The molecule has 0 radical (unpaired) electrons. The zero-order valence-electron chi connectivity index (χ0n) is 8.64. The van der Waals surface area contributed by atoms with Gasteiger partial charge in [0.05, 0.1) is 0 Å². The van der Waals surface area contributed by atoms with Gasteiger partial charge in [-0.1, -0.05) is 0 Å². The van der Waals surface area contributed by atoms with Gasteiger partial charge in [-0.25, -0.2) is 9.97 Å². The molecule has 2 N–H and O–H groups in total. The Morgan fingerprint density at radius 1 is 1.25 bits per heavy atom. The molecule has 1 heterocycles. The Morgan fingerprint density at radius 2 is 1.94 bits per heavy atom. The van der Waals surface area contributed by atoms with E-state index in [0.29, 0.717) is 11.7 Å². The summed E-state index contributed by atoms with van der Waals surface area (Å²) in [5.41, 5.74) is 7.33. The van der Waals surface area contributed by atoms with E-state index in [4.69, 9.17) is 10.5 Å². The van der Waals surface area contributed by atoms with Crippen LogP contribution in [0.3, 0.4) is 0 Å². The fraction of sp³-hybridized carbons (Fsp3) is 0.0909. The van der Waals surface area contributed by atoms with Crippen molar-refractivity contribution in [3.8, 4) is 11.8 Å². The van der Waals surface area contributed by atoms with Gasteiger partial charge in [-0.3, -0.25) is 0 Å². The van der Waals surface area contributed by atoms with Crippen molar-refractivity contribution in [3.63, 3.8) is 0 Å². The minimum atomic E-state index is 0.341. The van der Waals surface area contributed by atoms with Gasteiger partial charge in [0.1, 0.15) is 5.75 Å². The Balaban J connectivity index is 2.23. The quantitative estimate of drug-likeness (QED) is 0.681. The summed E-state index contributed by atoms with van der Waals surface area (Å²) in [6.45, 7) is 1.93. The molecule has 82 valence electrons. The molecule has 0 spiro atoms. The molecule has 0 aliphatic rings. The predicted octanol–water partition coefficient (Wildman–Crippen LogP) is 2.76. The van der Waals surface area contributed by atoms with E-state index in [9.17, 15) is 0 Å². The van der Waals surface area contributed by atoms with Gasteiger partial charge in [0, 0.05) is 21.7 Å². The highest BCUT2D eigenvalue weighted by Gasteiger charge is 2.03. The topological polar surface area (TPSA) is 61.0 Å². The summed E-state index contributed by atoms with van der Waals surface area (Å²) in [6.07, 6.45) is 3.41. The average Bonchev–Trinajstić information content (AvgIpc) is 2.25. The van der Waals surface area contributed by atoms with Crippen molar-refractivity contribution in [2.75, 3.05) is 5.73 Å². The van der Waals surface area contributed by atoms with Crippen LogP contribution in [-0.2, 0) is 0 Å². The number of halogens is 1. The van der Waals surface area contributed by atoms with Crippen molar-refractivity contribution in [1.29, 1.82) is 0 Å². The summed E-state index contributed by atoms with van der Waals surface area (Å²) in [7, 11) is 0. The Kier molecular flexibility index (Phi) is 3.23. The third-order valence-corrected chi connectivity index (χ3v) is 2.55. The van der Waals surface area contributed by atoms with E-state index in [1.54, 1.807) is 18.5 Å². The standard InChI is InChI=1S/C11H10IN3O/c1-7-4-9(13)2-3-10(7)16-11-14-5-8(12)6-15-11/h2-6H,13H2,1H3. The molecule has 2 aromatic rings. The van der Waals surface area contributed by atoms with Gasteiger partial charge in [0.15, 0.2) is 0 Å². The summed E-state index contributed by atoms with van der Waals surface area (Å²) in [5.74, 6) is 0.718. The molecule has 2 rings (SSSR count). The van der Waals surface area contributed by atoms with Crippen molar-refractivity contribution < 1.29 is 4.74 Å². The van der Waals surface area contributed by atoms with E-state index in [1.165, 1.54) is 0 Å². The molecule has 16 heavy (non-hydrogen) atoms. The van der Waals surface area contributed by atoms with Gasteiger partial charge < -0.3 is 10.5 Å². The van der Waals surface area contributed by atoms with Crippen LogP contribution in [0.5, 0.6) is 11.8 Å². The Hall–Kier alpha value is -1.37. The van der Waals surface area contributed by atoms with Gasteiger partial charge in [0.25, 0.3) is 0 Å². The maximum absolute atomic E-state index is 5.65. The van der Waals surface area contributed by atoms with Crippen molar-refractivity contribution in [2.45, 2.75) is 6.92 Å². The number of aryl methyl sites for hydroxylation is 1. The maximum atomic E-state index is 5.65. The normalized spacial score (nSPS) is 10.1. The maximum Gasteiger partial charge on any atom is 0.321 e. The lowest BCUT2D eigenvalue weighted by Gasteiger charge is -2.07. The van der Waals surface area contributed by atoms with Gasteiger partial charge in [0.2, 0.25) is 0 Å². The number of nitrogen functional groups attached to an aromatic ring is 1. The first-order chi connectivity index (χ1) is 7.65. The smallest absolute Gasteiger partial charge is 0.321 e. The minimum Gasteiger partial charge on any atom is -0.424 e. The van der Waals surface area contributed by atoms with Crippen LogP contribution in [0, 0.1) is 10.5 Å². The van der Waals surface area contributed by atoms with Gasteiger partial charge >= 0.3 is 6.01 Å². The summed E-state index contributed by atoms with van der Waals surface area (Å²) in [6, 6.07) is 5.79. The van der Waals surface area contributed by atoms with E-state index in [1.807, 2.05) is 19.1 Å². The molecule has 1 aromatic carbocycles. The van der Waals surface area contributed by atoms with Crippen molar-refractivity contribution in [1.82, 2.24) is 9.97 Å². The number of ether oxygens (including phenoxy) is 1. The zero-order valence-corrected chi connectivity index (χ0v) is 10.8. The number of hydrogen-bond donors (Lipinski definition) is 1. The summed E-state index contributed by atoms with van der Waals surface area (Å²) < 4.78 is 6.51. The molecular formula is C11H10IN3O. The summed E-state index contributed by atoms with van der Waals surface area (Å²) >= 11 is 2.14.